The average molecular weight is 286 g/mol. The highest BCUT2D eigenvalue weighted by molar-refractivity contribution is 7.89. The molecule has 0 spiro atoms. The molecule has 0 heterocycles. The number of hydrogen-bond acceptors (Lipinski definition) is 4. The quantitative estimate of drug-likeness (QED) is 0.751. The topological polar surface area (TPSA) is 81.4 Å². The fourth-order valence-corrected chi connectivity index (χ4v) is 2.48. The van der Waals surface area contributed by atoms with E-state index in [-0.39, 0.29) is 4.90 Å². The van der Waals surface area contributed by atoms with Crippen LogP contribution in [0.3, 0.4) is 0 Å². The molecular weight excluding hydrogens is 264 g/mol. The Morgan fingerprint density at radius 1 is 1.42 bits per heavy atom. The lowest BCUT2D eigenvalue weighted by molar-refractivity contribution is 0.252. The minimum Gasteiger partial charge on any atom is -0.491 e. The van der Waals surface area contributed by atoms with Crippen LogP contribution in [0.2, 0.25) is 0 Å². The molecule has 0 aliphatic carbocycles. The number of ether oxygens (including phenoxy) is 1. The zero-order valence-electron chi connectivity index (χ0n) is 11.6. The number of sulfonamides is 1. The molecule has 0 aliphatic rings. The van der Waals surface area contributed by atoms with E-state index in [0.717, 1.165) is 12.8 Å². The van der Waals surface area contributed by atoms with Crippen molar-refractivity contribution < 1.29 is 13.2 Å². The van der Waals surface area contributed by atoms with Crippen LogP contribution in [0.5, 0.6) is 5.75 Å². The summed E-state index contributed by atoms with van der Waals surface area (Å²) in [5.41, 5.74) is 6.24. The molecule has 0 radical (unpaired) electrons. The summed E-state index contributed by atoms with van der Waals surface area (Å²) >= 11 is 0. The summed E-state index contributed by atoms with van der Waals surface area (Å²) in [5, 5.41) is 0. The van der Waals surface area contributed by atoms with E-state index in [1.165, 1.54) is 19.2 Å². The molecule has 5 nitrogen and oxygen atoms in total. The third kappa shape index (κ3) is 4.40. The first-order valence-corrected chi connectivity index (χ1v) is 7.85. The largest absolute Gasteiger partial charge is 0.491 e. The van der Waals surface area contributed by atoms with Crippen LogP contribution in [-0.4, -0.2) is 22.1 Å². The summed E-state index contributed by atoms with van der Waals surface area (Å²) in [6, 6.07) is 4.47. The second kappa shape index (κ2) is 6.77. The van der Waals surface area contributed by atoms with Crippen molar-refractivity contribution in [3.8, 4) is 5.75 Å². The van der Waals surface area contributed by atoms with E-state index in [9.17, 15) is 8.42 Å². The molecular formula is C13H22N2O3S. The Hall–Kier alpha value is -1.27. The molecule has 0 bridgehead atoms. The molecule has 0 aliphatic heterocycles. The number of nitrogen functional groups attached to an aromatic ring is 1. The van der Waals surface area contributed by atoms with Crippen molar-refractivity contribution >= 4 is 15.7 Å². The van der Waals surface area contributed by atoms with Crippen molar-refractivity contribution in [2.45, 2.75) is 31.6 Å². The van der Waals surface area contributed by atoms with Gasteiger partial charge in [0.25, 0.3) is 0 Å². The van der Waals surface area contributed by atoms with Gasteiger partial charge in [-0.25, -0.2) is 13.1 Å². The van der Waals surface area contributed by atoms with E-state index in [2.05, 4.69) is 18.6 Å². The molecule has 0 fully saturated rings. The van der Waals surface area contributed by atoms with E-state index in [1.54, 1.807) is 6.07 Å². The summed E-state index contributed by atoms with van der Waals surface area (Å²) < 4.78 is 31.3. The Bertz CT molecular complexity index is 515. The highest BCUT2D eigenvalue weighted by Crippen LogP contribution is 2.25. The maximum atomic E-state index is 11.7. The van der Waals surface area contributed by atoms with Crippen LogP contribution in [0.15, 0.2) is 23.1 Å². The molecule has 0 saturated heterocycles. The second-order valence-corrected chi connectivity index (χ2v) is 6.50. The number of nitrogens with two attached hydrogens (primary N) is 1. The van der Waals surface area contributed by atoms with Crippen molar-refractivity contribution in [3.05, 3.63) is 18.2 Å². The molecule has 1 aromatic rings. The zero-order chi connectivity index (χ0) is 14.5. The third-order valence-electron chi connectivity index (χ3n) is 2.87. The lowest BCUT2D eigenvalue weighted by Gasteiger charge is -2.14. The van der Waals surface area contributed by atoms with Crippen LogP contribution < -0.4 is 15.2 Å². The molecule has 6 heteroatoms. The molecule has 1 atom stereocenters. The fourth-order valence-electron chi connectivity index (χ4n) is 1.73. The van der Waals surface area contributed by atoms with Gasteiger partial charge in [0, 0.05) is 6.07 Å². The van der Waals surface area contributed by atoms with Gasteiger partial charge in [0.15, 0.2) is 0 Å². The molecule has 1 aromatic carbocycles. The monoisotopic (exact) mass is 286 g/mol. The van der Waals surface area contributed by atoms with Gasteiger partial charge in [0.2, 0.25) is 10.0 Å². The van der Waals surface area contributed by atoms with Crippen LogP contribution in [0.1, 0.15) is 26.7 Å². The number of nitrogens with one attached hydrogen (secondary N) is 1. The molecule has 1 unspecified atom stereocenters. The first-order chi connectivity index (χ1) is 8.90. The normalized spacial score (nSPS) is 13.2. The van der Waals surface area contributed by atoms with E-state index < -0.39 is 10.0 Å². The van der Waals surface area contributed by atoms with Crippen molar-refractivity contribution in [3.63, 3.8) is 0 Å². The Labute approximate surface area is 115 Å². The van der Waals surface area contributed by atoms with E-state index in [0.29, 0.717) is 24.0 Å². The standard InChI is InChI=1S/C13H22N2O3S/c1-4-5-10(2)9-18-13-8-11(6-7-12(13)14)19(16,17)15-3/h6-8,10,15H,4-5,9,14H2,1-3H3. The predicted molar refractivity (Wildman–Crippen MR) is 76.7 cm³/mol. The van der Waals surface area contributed by atoms with E-state index in [4.69, 9.17) is 10.5 Å². The Morgan fingerprint density at radius 3 is 2.68 bits per heavy atom. The number of benzene rings is 1. The van der Waals surface area contributed by atoms with Crippen LogP contribution >= 0.6 is 0 Å². The van der Waals surface area contributed by atoms with Gasteiger partial charge in [-0.2, -0.15) is 0 Å². The van der Waals surface area contributed by atoms with Crippen molar-refractivity contribution in [1.82, 2.24) is 4.72 Å². The molecule has 1 rings (SSSR count). The van der Waals surface area contributed by atoms with Gasteiger partial charge in [-0.3, -0.25) is 0 Å². The highest BCUT2D eigenvalue weighted by Gasteiger charge is 2.14. The SMILES string of the molecule is CCCC(C)COc1cc(S(=O)(=O)NC)ccc1N. The first-order valence-electron chi connectivity index (χ1n) is 6.36. The van der Waals surface area contributed by atoms with Crippen LogP contribution in [0.4, 0.5) is 5.69 Å². The van der Waals surface area contributed by atoms with Gasteiger partial charge in [-0.1, -0.05) is 20.3 Å². The Morgan fingerprint density at radius 2 is 2.11 bits per heavy atom. The van der Waals surface area contributed by atoms with Gasteiger partial charge < -0.3 is 10.5 Å². The second-order valence-electron chi connectivity index (χ2n) is 4.61. The fraction of sp³-hybridized carbons (Fsp3) is 0.538. The molecule has 108 valence electrons. The summed E-state index contributed by atoms with van der Waals surface area (Å²) in [6.07, 6.45) is 2.16. The van der Waals surface area contributed by atoms with Gasteiger partial charge in [-0.05, 0) is 31.5 Å². The van der Waals surface area contributed by atoms with Crippen molar-refractivity contribution in [1.29, 1.82) is 0 Å². The van der Waals surface area contributed by atoms with Crippen LogP contribution in [0.25, 0.3) is 0 Å². The number of hydrogen-bond donors (Lipinski definition) is 2. The smallest absolute Gasteiger partial charge is 0.240 e. The van der Waals surface area contributed by atoms with Gasteiger partial charge in [0.05, 0.1) is 17.2 Å². The van der Waals surface area contributed by atoms with Gasteiger partial charge in [0.1, 0.15) is 5.75 Å². The molecule has 0 saturated carbocycles. The summed E-state index contributed by atoms with van der Waals surface area (Å²) in [5.74, 6) is 0.827. The molecule has 0 aromatic heterocycles. The lowest BCUT2D eigenvalue weighted by Crippen LogP contribution is -2.19. The van der Waals surface area contributed by atoms with E-state index in [1.807, 2.05) is 0 Å². The number of rotatable bonds is 7. The maximum Gasteiger partial charge on any atom is 0.240 e. The molecule has 3 N–H and O–H groups in total. The molecule has 19 heavy (non-hydrogen) atoms. The third-order valence-corrected chi connectivity index (χ3v) is 4.28. The first kappa shape index (κ1) is 15.8. The molecule has 0 amide bonds. The minimum atomic E-state index is -3.47. The minimum absolute atomic E-state index is 0.155. The summed E-state index contributed by atoms with van der Waals surface area (Å²) in [6.45, 7) is 4.74. The van der Waals surface area contributed by atoms with Crippen molar-refractivity contribution in [2.75, 3.05) is 19.4 Å². The Kier molecular flexibility index (Phi) is 5.62. The predicted octanol–water partition coefficient (Wildman–Crippen LogP) is 1.99. The van der Waals surface area contributed by atoms with E-state index >= 15 is 0 Å². The highest BCUT2D eigenvalue weighted by atomic mass is 32.2. The van der Waals surface area contributed by atoms with Crippen molar-refractivity contribution in [2.24, 2.45) is 5.92 Å². The van der Waals surface area contributed by atoms with Gasteiger partial charge in [-0.15, -0.1) is 0 Å². The summed E-state index contributed by atoms with van der Waals surface area (Å²) in [7, 11) is -2.10. The lowest BCUT2D eigenvalue weighted by atomic mass is 10.1. The van der Waals surface area contributed by atoms with Gasteiger partial charge >= 0.3 is 0 Å². The summed E-state index contributed by atoms with van der Waals surface area (Å²) in [4.78, 5) is 0.155. The van der Waals surface area contributed by atoms with Crippen LogP contribution in [-0.2, 0) is 10.0 Å². The average Bonchev–Trinajstić information content (AvgIpc) is 2.38. The van der Waals surface area contributed by atoms with Crippen LogP contribution in [0, 0.1) is 5.92 Å². The number of anilines is 1. The zero-order valence-corrected chi connectivity index (χ0v) is 12.5. The Balaban J connectivity index is 2.87. The maximum absolute atomic E-state index is 11.7.